The standard InChI is InChI=1S/C16H25NO2/c1-11-6-4-8-14(12(11)2)17-10-13-7-5-9-15(19-3)16(13)18/h5,7,9,11-12,14,17-18H,4,6,8,10H2,1-3H3. The van der Waals surface area contributed by atoms with Crippen molar-refractivity contribution in [1.29, 1.82) is 0 Å². The summed E-state index contributed by atoms with van der Waals surface area (Å²) < 4.78 is 5.14. The Morgan fingerprint density at radius 2 is 2.11 bits per heavy atom. The van der Waals surface area contributed by atoms with Gasteiger partial charge in [0.1, 0.15) is 0 Å². The van der Waals surface area contributed by atoms with Crippen molar-refractivity contribution in [3.05, 3.63) is 23.8 Å². The van der Waals surface area contributed by atoms with Gasteiger partial charge in [0.2, 0.25) is 0 Å². The number of hydrogen-bond acceptors (Lipinski definition) is 3. The second kappa shape index (κ2) is 6.29. The predicted octanol–water partition coefficient (Wildman–Crippen LogP) is 3.32. The minimum Gasteiger partial charge on any atom is -0.504 e. The second-order valence-electron chi connectivity index (χ2n) is 5.72. The minimum absolute atomic E-state index is 0.258. The first-order valence-electron chi connectivity index (χ1n) is 7.21. The first-order valence-corrected chi connectivity index (χ1v) is 7.21. The molecular weight excluding hydrogens is 238 g/mol. The fourth-order valence-corrected chi connectivity index (χ4v) is 2.99. The van der Waals surface area contributed by atoms with Crippen molar-refractivity contribution < 1.29 is 9.84 Å². The fourth-order valence-electron chi connectivity index (χ4n) is 2.99. The summed E-state index contributed by atoms with van der Waals surface area (Å²) in [5.74, 6) is 2.28. The van der Waals surface area contributed by atoms with E-state index < -0.39 is 0 Å². The molecule has 106 valence electrons. The van der Waals surface area contributed by atoms with Gasteiger partial charge in [0.15, 0.2) is 11.5 Å². The van der Waals surface area contributed by atoms with Gasteiger partial charge in [-0.15, -0.1) is 0 Å². The highest BCUT2D eigenvalue weighted by Gasteiger charge is 2.26. The second-order valence-corrected chi connectivity index (χ2v) is 5.72. The summed E-state index contributed by atoms with van der Waals surface area (Å²) in [6, 6.07) is 6.20. The van der Waals surface area contributed by atoms with E-state index in [-0.39, 0.29) is 5.75 Å². The predicted molar refractivity (Wildman–Crippen MR) is 77.5 cm³/mol. The van der Waals surface area contributed by atoms with E-state index in [2.05, 4.69) is 19.2 Å². The molecule has 1 aliphatic carbocycles. The first kappa shape index (κ1) is 14.2. The van der Waals surface area contributed by atoms with Gasteiger partial charge in [-0.25, -0.2) is 0 Å². The lowest BCUT2D eigenvalue weighted by molar-refractivity contribution is 0.205. The molecule has 0 saturated heterocycles. The van der Waals surface area contributed by atoms with Crippen molar-refractivity contribution in [2.45, 2.75) is 45.7 Å². The van der Waals surface area contributed by atoms with Crippen LogP contribution in [0.2, 0.25) is 0 Å². The molecule has 2 rings (SSSR count). The molecule has 0 aromatic heterocycles. The Morgan fingerprint density at radius 1 is 1.32 bits per heavy atom. The summed E-state index contributed by atoms with van der Waals surface area (Å²) in [7, 11) is 1.58. The van der Waals surface area contributed by atoms with Crippen LogP contribution in [0.25, 0.3) is 0 Å². The van der Waals surface area contributed by atoms with E-state index in [1.807, 2.05) is 12.1 Å². The monoisotopic (exact) mass is 263 g/mol. The van der Waals surface area contributed by atoms with Crippen molar-refractivity contribution in [3.63, 3.8) is 0 Å². The van der Waals surface area contributed by atoms with Crippen molar-refractivity contribution in [2.75, 3.05) is 7.11 Å². The van der Waals surface area contributed by atoms with E-state index in [9.17, 15) is 5.11 Å². The zero-order chi connectivity index (χ0) is 13.8. The number of benzene rings is 1. The summed E-state index contributed by atoms with van der Waals surface area (Å²) in [5.41, 5.74) is 0.907. The first-order chi connectivity index (χ1) is 9.13. The van der Waals surface area contributed by atoms with E-state index in [0.29, 0.717) is 24.3 Å². The highest BCUT2D eigenvalue weighted by molar-refractivity contribution is 5.45. The number of nitrogens with one attached hydrogen (secondary N) is 1. The SMILES string of the molecule is COc1cccc(CNC2CCCC(C)C2C)c1O. The fraction of sp³-hybridized carbons (Fsp3) is 0.625. The molecule has 3 unspecified atom stereocenters. The Hall–Kier alpha value is -1.22. The number of aromatic hydroxyl groups is 1. The minimum atomic E-state index is 0.258. The van der Waals surface area contributed by atoms with Gasteiger partial charge in [0, 0.05) is 18.2 Å². The number of para-hydroxylation sites is 1. The Morgan fingerprint density at radius 3 is 2.84 bits per heavy atom. The van der Waals surface area contributed by atoms with E-state index in [1.165, 1.54) is 19.3 Å². The summed E-state index contributed by atoms with van der Waals surface area (Å²) in [6.45, 7) is 5.36. The molecule has 0 spiro atoms. The maximum atomic E-state index is 10.1. The maximum Gasteiger partial charge on any atom is 0.162 e. The lowest BCUT2D eigenvalue weighted by Crippen LogP contribution is -2.40. The molecule has 3 nitrogen and oxygen atoms in total. The average Bonchev–Trinajstić information content (AvgIpc) is 2.42. The van der Waals surface area contributed by atoms with Crippen LogP contribution in [0.15, 0.2) is 18.2 Å². The van der Waals surface area contributed by atoms with E-state index in [0.717, 1.165) is 11.5 Å². The van der Waals surface area contributed by atoms with Gasteiger partial charge in [-0.2, -0.15) is 0 Å². The third kappa shape index (κ3) is 3.21. The van der Waals surface area contributed by atoms with E-state index >= 15 is 0 Å². The molecule has 1 fully saturated rings. The molecule has 0 amide bonds. The largest absolute Gasteiger partial charge is 0.504 e. The summed E-state index contributed by atoms with van der Waals surface area (Å²) in [5, 5.41) is 13.7. The van der Waals surface area contributed by atoms with Crippen LogP contribution in [0, 0.1) is 11.8 Å². The van der Waals surface area contributed by atoms with Gasteiger partial charge in [0.05, 0.1) is 7.11 Å². The molecule has 0 radical (unpaired) electrons. The van der Waals surface area contributed by atoms with Gasteiger partial charge < -0.3 is 15.2 Å². The van der Waals surface area contributed by atoms with Gasteiger partial charge in [-0.1, -0.05) is 38.8 Å². The molecule has 0 bridgehead atoms. The third-order valence-electron chi connectivity index (χ3n) is 4.56. The van der Waals surface area contributed by atoms with Crippen LogP contribution in [0.3, 0.4) is 0 Å². The Balaban J connectivity index is 1.98. The maximum absolute atomic E-state index is 10.1. The molecule has 1 aliphatic rings. The lowest BCUT2D eigenvalue weighted by Gasteiger charge is -2.34. The van der Waals surface area contributed by atoms with Crippen molar-refractivity contribution in [3.8, 4) is 11.5 Å². The molecular formula is C16H25NO2. The van der Waals surface area contributed by atoms with Gasteiger partial charge in [-0.3, -0.25) is 0 Å². The topological polar surface area (TPSA) is 41.5 Å². The number of phenols is 1. The van der Waals surface area contributed by atoms with Crippen LogP contribution in [0.5, 0.6) is 11.5 Å². The highest BCUT2D eigenvalue weighted by Crippen LogP contribution is 2.32. The van der Waals surface area contributed by atoms with Crippen LogP contribution < -0.4 is 10.1 Å². The van der Waals surface area contributed by atoms with Crippen molar-refractivity contribution in [1.82, 2.24) is 5.32 Å². The molecule has 1 aromatic carbocycles. The van der Waals surface area contributed by atoms with Crippen molar-refractivity contribution >= 4 is 0 Å². The number of ether oxygens (including phenoxy) is 1. The molecule has 2 N–H and O–H groups in total. The van der Waals surface area contributed by atoms with Gasteiger partial charge >= 0.3 is 0 Å². The number of methoxy groups -OCH3 is 1. The van der Waals surface area contributed by atoms with Crippen LogP contribution in [0.1, 0.15) is 38.7 Å². The summed E-state index contributed by atoms with van der Waals surface area (Å²) >= 11 is 0. The van der Waals surface area contributed by atoms with Crippen LogP contribution in [-0.2, 0) is 6.54 Å². The van der Waals surface area contributed by atoms with Gasteiger partial charge in [0.25, 0.3) is 0 Å². The molecule has 3 atom stereocenters. The quantitative estimate of drug-likeness (QED) is 0.875. The third-order valence-corrected chi connectivity index (χ3v) is 4.56. The molecule has 19 heavy (non-hydrogen) atoms. The van der Waals surface area contributed by atoms with E-state index in [1.54, 1.807) is 13.2 Å². The van der Waals surface area contributed by atoms with Crippen LogP contribution >= 0.6 is 0 Å². The highest BCUT2D eigenvalue weighted by atomic mass is 16.5. The molecule has 0 aliphatic heterocycles. The molecule has 1 saturated carbocycles. The number of rotatable bonds is 4. The lowest BCUT2D eigenvalue weighted by atomic mass is 9.78. The Labute approximate surface area is 116 Å². The average molecular weight is 263 g/mol. The van der Waals surface area contributed by atoms with Crippen LogP contribution in [0.4, 0.5) is 0 Å². The number of hydrogen-bond donors (Lipinski definition) is 2. The van der Waals surface area contributed by atoms with Crippen molar-refractivity contribution in [2.24, 2.45) is 11.8 Å². The Bertz CT molecular complexity index is 419. The normalized spacial score (nSPS) is 27.2. The summed E-state index contributed by atoms with van der Waals surface area (Å²) in [6.07, 6.45) is 3.87. The zero-order valence-electron chi connectivity index (χ0n) is 12.1. The van der Waals surface area contributed by atoms with Gasteiger partial charge in [-0.05, 0) is 24.3 Å². The van der Waals surface area contributed by atoms with E-state index in [4.69, 9.17) is 4.74 Å². The Kier molecular flexibility index (Phi) is 4.70. The summed E-state index contributed by atoms with van der Waals surface area (Å²) in [4.78, 5) is 0. The zero-order valence-corrected chi connectivity index (χ0v) is 12.1. The molecule has 3 heteroatoms. The molecule has 0 heterocycles. The number of phenolic OH excluding ortho intramolecular Hbond substituents is 1. The molecule has 1 aromatic rings. The van der Waals surface area contributed by atoms with Crippen LogP contribution in [-0.4, -0.2) is 18.3 Å². The smallest absolute Gasteiger partial charge is 0.162 e.